The number of aliphatic hydroxyl groups is 3. The number of carbonyl (C=O) groups is 3. The molecule has 0 amide bonds. The Labute approximate surface area is 200 Å². The SMILES string of the molecule is C[C@@H]1C[C@@H](OC(=O)CCc2cccc(Cl)c2)[C@@]2(O)[C@@]13C[C@@H](OC(=O)[C@@H]3O)[C@@]1(O)C(=O)OC[C@@]21C. The Balaban J connectivity index is 1.50. The number of hydrogen-bond donors (Lipinski definition) is 3. The lowest BCUT2D eigenvalue weighted by Gasteiger charge is -2.64. The van der Waals surface area contributed by atoms with Crippen molar-refractivity contribution in [2.45, 2.75) is 69.0 Å². The Kier molecular flexibility index (Phi) is 5.12. The van der Waals surface area contributed by atoms with Gasteiger partial charge in [-0.25, -0.2) is 9.59 Å². The van der Waals surface area contributed by atoms with E-state index in [9.17, 15) is 29.7 Å². The first-order chi connectivity index (χ1) is 15.9. The van der Waals surface area contributed by atoms with Gasteiger partial charge in [0.15, 0.2) is 6.10 Å². The van der Waals surface area contributed by atoms with Crippen LogP contribution in [0.4, 0.5) is 0 Å². The number of aryl methyl sites for hydroxylation is 1. The smallest absolute Gasteiger partial charge is 0.342 e. The maximum atomic E-state index is 12.9. The highest BCUT2D eigenvalue weighted by molar-refractivity contribution is 6.30. The Morgan fingerprint density at radius 3 is 2.74 bits per heavy atom. The van der Waals surface area contributed by atoms with Gasteiger partial charge in [0, 0.05) is 16.9 Å². The quantitative estimate of drug-likeness (QED) is 0.412. The van der Waals surface area contributed by atoms with Crippen molar-refractivity contribution >= 4 is 29.5 Å². The molecule has 2 aliphatic heterocycles. The third-order valence-electron chi connectivity index (χ3n) is 8.85. The third kappa shape index (κ3) is 2.64. The van der Waals surface area contributed by atoms with Gasteiger partial charge in [-0.3, -0.25) is 4.79 Å². The van der Waals surface area contributed by atoms with Crippen molar-refractivity contribution in [2.24, 2.45) is 16.7 Å². The van der Waals surface area contributed by atoms with Crippen molar-refractivity contribution < 1.29 is 43.9 Å². The first-order valence-corrected chi connectivity index (χ1v) is 11.7. The van der Waals surface area contributed by atoms with Gasteiger partial charge in [-0.05, 0) is 49.8 Å². The highest BCUT2D eigenvalue weighted by Gasteiger charge is 2.88. The Bertz CT molecular complexity index is 1080. The van der Waals surface area contributed by atoms with Crippen LogP contribution >= 0.6 is 11.6 Å². The van der Waals surface area contributed by atoms with Crippen LogP contribution in [0.25, 0.3) is 0 Å². The van der Waals surface area contributed by atoms with E-state index < -0.39 is 64.2 Å². The summed E-state index contributed by atoms with van der Waals surface area (Å²) < 4.78 is 16.2. The van der Waals surface area contributed by atoms with Crippen molar-refractivity contribution in [1.29, 1.82) is 0 Å². The highest BCUT2D eigenvalue weighted by atomic mass is 35.5. The maximum Gasteiger partial charge on any atom is 0.342 e. The number of cyclic esters (lactones) is 1. The molecule has 0 aromatic heterocycles. The molecule has 0 radical (unpaired) electrons. The number of fused-ring (bicyclic) bond motifs is 4. The summed E-state index contributed by atoms with van der Waals surface area (Å²) in [6.45, 7) is 2.81. The van der Waals surface area contributed by atoms with Gasteiger partial charge < -0.3 is 29.5 Å². The number of benzene rings is 1. The first kappa shape index (κ1) is 23.5. The molecule has 184 valence electrons. The van der Waals surface area contributed by atoms with E-state index in [-0.39, 0.29) is 25.9 Å². The van der Waals surface area contributed by atoms with Crippen LogP contribution < -0.4 is 0 Å². The van der Waals surface area contributed by atoms with Gasteiger partial charge in [-0.2, -0.15) is 0 Å². The first-order valence-electron chi connectivity index (χ1n) is 11.4. The van der Waals surface area contributed by atoms with Gasteiger partial charge >= 0.3 is 17.9 Å². The summed E-state index contributed by atoms with van der Waals surface area (Å²) in [7, 11) is 0. The fraction of sp³-hybridized carbons (Fsp3) is 0.625. The predicted molar refractivity (Wildman–Crippen MR) is 115 cm³/mol. The standard InChI is InChI=1S/C24H27ClO9/c1-12-8-15(33-17(26)7-6-13-4-3-5-14(25)9-13)24(31)21(2)11-32-20(29)23(21,30)16-10-22(12,24)18(27)19(28)34-16/h3-5,9,12,15-16,18,27,30-31H,6-8,10-11H2,1-2H3/t12-,15-,16-,18+,21-,22+,23-,24+/m1/s1. The van der Waals surface area contributed by atoms with Gasteiger partial charge in [0.2, 0.25) is 5.60 Å². The molecule has 2 aliphatic carbocycles. The van der Waals surface area contributed by atoms with Crippen LogP contribution in [-0.4, -0.2) is 69.3 Å². The Morgan fingerprint density at radius 1 is 1.29 bits per heavy atom. The molecule has 4 aliphatic rings. The molecule has 1 aromatic carbocycles. The topological polar surface area (TPSA) is 140 Å². The van der Waals surface area contributed by atoms with E-state index in [0.717, 1.165) is 5.56 Å². The van der Waals surface area contributed by atoms with Crippen LogP contribution in [0.1, 0.15) is 38.7 Å². The predicted octanol–water partition coefficient (Wildman–Crippen LogP) is 0.926. The van der Waals surface area contributed by atoms with Crippen LogP contribution in [0.5, 0.6) is 0 Å². The summed E-state index contributed by atoms with van der Waals surface area (Å²) in [6.07, 6.45) is -3.92. The van der Waals surface area contributed by atoms with E-state index >= 15 is 0 Å². The van der Waals surface area contributed by atoms with E-state index in [1.165, 1.54) is 6.92 Å². The number of rotatable bonds is 4. The molecule has 2 bridgehead atoms. The molecule has 3 N–H and O–H groups in total. The van der Waals surface area contributed by atoms with Crippen LogP contribution in [-0.2, 0) is 35.0 Å². The monoisotopic (exact) mass is 494 g/mol. The average Bonchev–Trinajstić information content (AvgIpc) is 3.16. The minimum Gasteiger partial charge on any atom is -0.463 e. The number of halogens is 1. The molecule has 2 saturated carbocycles. The lowest BCUT2D eigenvalue weighted by Crippen LogP contribution is -2.82. The third-order valence-corrected chi connectivity index (χ3v) is 9.08. The zero-order chi connectivity index (χ0) is 24.7. The molecular formula is C24H27ClO9. The number of carbonyl (C=O) groups excluding carboxylic acids is 3. The minimum absolute atomic E-state index is 0.00205. The molecule has 0 unspecified atom stereocenters. The van der Waals surface area contributed by atoms with E-state index in [1.54, 1.807) is 25.1 Å². The van der Waals surface area contributed by atoms with Crippen molar-refractivity contribution in [3.63, 3.8) is 0 Å². The summed E-state index contributed by atoms with van der Waals surface area (Å²) in [5, 5.41) is 35.4. The van der Waals surface area contributed by atoms with E-state index in [1.807, 2.05) is 6.07 Å². The lowest BCUT2D eigenvalue weighted by atomic mass is 9.44. The number of aliphatic hydroxyl groups excluding tert-OH is 1. The summed E-state index contributed by atoms with van der Waals surface area (Å²) in [4.78, 5) is 38.2. The summed E-state index contributed by atoms with van der Waals surface area (Å²) in [5.74, 6) is -3.15. The number of ether oxygens (including phenoxy) is 3. The van der Waals surface area contributed by atoms with Crippen molar-refractivity contribution in [3.8, 4) is 0 Å². The van der Waals surface area contributed by atoms with Crippen molar-refractivity contribution in [2.75, 3.05) is 6.61 Å². The lowest BCUT2D eigenvalue weighted by molar-refractivity contribution is -0.334. The van der Waals surface area contributed by atoms with Crippen molar-refractivity contribution in [3.05, 3.63) is 34.9 Å². The molecule has 2 heterocycles. The maximum absolute atomic E-state index is 12.9. The van der Waals surface area contributed by atoms with Gasteiger partial charge in [-0.15, -0.1) is 0 Å². The molecule has 2 saturated heterocycles. The molecule has 34 heavy (non-hydrogen) atoms. The van der Waals surface area contributed by atoms with Gasteiger partial charge in [0.25, 0.3) is 0 Å². The van der Waals surface area contributed by atoms with Gasteiger partial charge in [0.05, 0.1) is 5.41 Å². The number of hydrogen-bond acceptors (Lipinski definition) is 9. The fourth-order valence-electron chi connectivity index (χ4n) is 7.02. The van der Waals surface area contributed by atoms with E-state index in [4.69, 9.17) is 25.8 Å². The van der Waals surface area contributed by atoms with Crippen LogP contribution in [0.2, 0.25) is 5.02 Å². The number of esters is 3. The second-order valence-electron chi connectivity index (χ2n) is 10.3. The molecule has 9 nitrogen and oxygen atoms in total. The molecule has 4 fully saturated rings. The van der Waals surface area contributed by atoms with Crippen molar-refractivity contribution in [1.82, 2.24) is 0 Å². The zero-order valence-corrected chi connectivity index (χ0v) is 19.6. The summed E-state index contributed by atoms with van der Waals surface area (Å²) >= 11 is 6.00. The van der Waals surface area contributed by atoms with Gasteiger partial charge in [-0.1, -0.05) is 30.7 Å². The van der Waals surface area contributed by atoms with E-state index in [0.29, 0.717) is 11.4 Å². The minimum atomic E-state index is -2.35. The van der Waals surface area contributed by atoms with Gasteiger partial charge in [0.1, 0.15) is 24.4 Å². The summed E-state index contributed by atoms with van der Waals surface area (Å²) in [6, 6.07) is 7.06. The summed E-state index contributed by atoms with van der Waals surface area (Å²) in [5.41, 5.74) is -6.86. The van der Waals surface area contributed by atoms with E-state index in [2.05, 4.69) is 0 Å². The normalized spacial score (nSPS) is 44.6. The second kappa shape index (κ2) is 7.40. The molecule has 8 atom stereocenters. The fourth-order valence-corrected chi connectivity index (χ4v) is 7.23. The molecule has 1 spiro atoms. The molecule has 1 aromatic rings. The molecule has 5 rings (SSSR count). The van der Waals surface area contributed by atoms with Crippen LogP contribution in [0.15, 0.2) is 24.3 Å². The zero-order valence-electron chi connectivity index (χ0n) is 18.8. The Hall–Kier alpha value is -2.20. The second-order valence-corrected chi connectivity index (χ2v) is 10.7. The van der Waals surface area contributed by atoms with Crippen LogP contribution in [0, 0.1) is 16.7 Å². The molecular weight excluding hydrogens is 468 g/mol. The van der Waals surface area contributed by atoms with Crippen LogP contribution in [0.3, 0.4) is 0 Å². The Morgan fingerprint density at radius 2 is 2.03 bits per heavy atom. The average molecular weight is 495 g/mol. The largest absolute Gasteiger partial charge is 0.463 e. The molecule has 10 heteroatoms. The highest BCUT2D eigenvalue weighted by Crippen LogP contribution is 2.72.